The number of ether oxygens (including phenoxy) is 1. The fraction of sp³-hybridized carbons (Fsp3) is 0.444. The zero-order chi connectivity index (χ0) is 28.8. The summed E-state index contributed by atoms with van der Waals surface area (Å²) in [5, 5.41) is 29.9. The molecule has 2 amide bonds. The number of benzene rings is 1. The lowest BCUT2D eigenvalue weighted by molar-refractivity contribution is 0.0495. The Labute approximate surface area is 234 Å². The lowest BCUT2D eigenvalue weighted by Crippen LogP contribution is -2.39. The van der Waals surface area contributed by atoms with Gasteiger partial charge in [0.2, 0.25) is 0 Å². The molecule has 40 heavy (non-hydrogen) atoms. The summed E-state index contributed by atoms with van der Waals surface area (Å²) in [5.74, 6) is 0.889. The number of fused-ring (bicyclic) bond motifs is 1. The first-order valence-corrected chi connectivity index (χ1v) is 14.6. The molecule has 0 radical (unpaired) electrons. The quantitative estimate of drug-likeness (QED) is 0.336. The molecule has 2 aromatic heterocycles. The van der Waals surface area contributed by atoms with Gasteiger partial charge in [0.15, 0.2) is 5.65 Å². The maximum Gasteiger partial charge on any atom is 0.413 e. The van der Waals surface area contributed by atoms with Crippen molar-refractivity contribution in [1.82, 2.24) is 19.9 Å². The maximum absolute atomic E-state index is 12.6. The van der Waals surface area contributed by atoms with Gasteiger partial charge < -0.3 is 25.0 Å². The third kappa shape index (κ3) is 5.78. The highest BCUT2D eigenvalue weighted by atomic mass is 32.2. The van der Waals surface area contributed by atoms with E-state index in [2.05, 4.69) is 26.8 Å². The Bertz CT molecular complexity index is 1520. The monoisotopic (exact) mass is 565 g/mol. The van der Waals surface area contributed by atoms with Crippen molar-refractivity contribution < 1.29 is 24.0 Å². The van der Waals surface area contributed by atoms with Crippen molar-refractivity contribution in [2.24, 2.45) is 0 Å². The molecule has 2 heterocycles. The molecule has 5 rings (SSSR count). The molecule has 0 spiro atoms. The number of alkyl carbamates (subject to hydrolysis) is 1. The normalized spacial score (nSPS) is 16.6. The number of amides is 2. The molecule has 3 N–H and O–H groups in total. The lowest BCUT2D eigenvalue weighted by Gasteiger charge is -2.25. The second-order valence-corrected chi connectivity index (χ2v) is 12.6. The Hall–Kier alpha value is -4.02. The molecule has 2 fully saturated rings. The molecule has 2 aliphatic rings. The number of nitriles is 1. The molecule has 1 atom stereocenters. The molecule has 1 aromatic carbocycles. The predicted molar refractivity (Wildman–Crippen MR) is 149 cm³/mol. The number of aromatic nitrogens is 3. The van der Waals surface area contributed by atoms with Crippen molar-refractivity contribution in [2.75, 3.05) is 16.5 Å². The minimum absolute atomic E-state index is 0.164. The average molecular weight is 566 g/mol. The Morgan fingerprint density at radius 3 is 2.62 bits per heavy atom. The van der Waals surface area contributed by atoms with Gasteiger partial charge in [0, 0.05) is 23.4 Å². The second-order valence-electron chi connectivity index (χ2n) is 11.2. The number of carbonyl (C=O) groups excluding carboxylic acids is 1. The topological polar surface area (TPSA) is 168 Å². The van der Waals surface area contributed by atoms with E-state index in [0.29, 0.717) is 11.5 Å². The van der Waals surface area contributed by atoms with Crippen LogP contribution in [-0.2, 0) is 27.2 Å². The van der Waals surface area contributed by atoms with E-state index in [1.54, 1.807) is 33.1 Å². The van der Waals surface area contributed by atoms with Crippen LogP contribution in [-0.4, -0.2) is 54.3 Å². The van der Waals surface area contributed by atoms with E-state index in [1.165, 1.54) is 15.6 Å². The zero-order valence-electron chi connectivity index (χ0n) is 22.7. The van der Waals surface area contributed by atoms with Gasteiger partial charge >= 0.3 is 12.2 Å². The summed E-state index contributed by atoms with van der Waals surface area (Å²) in [4.78, 5) is 30.5. The van der Waals surface area contributed by atoms with Crippen LogP contribution in [0.5, 0.6) is 0 Å². The Morgan fingerprint density at radius 2 is 2.05 bits per heavy atom. The van der Waals surface area contributed by atoms with Crippen LogP contribution < -0.4 is 15.5 Å². The third-order valence-electron chi connectivity index (χ3n) is 6.68. The van der Waals surface area contributed by atoms with Gasteiger partial charge in [-0.1, -0.05) is 17.2 Å². The highest BCUT2D eigenvalue weighted by Gasteiger charge is 2.48. The van der Waals surface area contributed by atoms with Crippen LogP contribution in [0.2, 0.25) is 0 Å². The van der Waals surface area contributed by atoms with Crippen molar-refractivity contribution in [3.8, 4) is 6.07 Å². The number of nitrogens with zero attached hydrogens (tertiary/aromatic N) is 5. The van der Waals surface area contributed by atoms with Crippen LogP contribution in [0.1, 0.15) is 63.1 Å². The Morgan fingerprint density at radius 1 is 1.32 bits per heavy atom. The van der Waals surface area contributed by atoms with Gasteiger partial charge in [0.25, 0.3) is 0 Å². The fourth-order valence-electron chi connectivity index (χ4n) is 4.75. The number of rotatable bonds is 8. The predicted octanol–water partition coefficient (Wildman–Crippen LogP) is 4.38. The first-order chi connectivity index (χ1) is 18.9. The van der Waals surface area contributed by atoms with E-state index in [4.69, 9.17) is 4.74 Å². The maximum atomic E-state index is 12.6. The first kappa shape index (κ1) is 27.5. The smallest absolute Gasteiger partial charge is 0.413 e. The molecule has 0 bridgehead atoms. The minimum atomic E-state index is -1.16. The summed E-state index contributed by atoms with van der Waals surface area (Å²) < 4.78 is 19.1. The van der Waals surface area contributed by atoms with Gasteiger partial charge in [0.05, 0.1) is 18.0 Å². The Kier molecular flexibility index (Phi) is 7.01. The lowest BCUT2D eigenvalue weighted by atomic mass is 9.98. The van der Waals surface area contributed by atoms with E-state index >= 15 is 0 Å². The van der Waals surface area contributed by atoms with Gasteiger partial charge in [-0.25, -0.2) is 14.6 Å². The molecule has 3 aromatic rings. The molecule has 210 valence electrons. The number of carboxylic acid groups (broad SMARTS) is 1. The number of hydrogen-bond donors (Lipinski definition) is 3. The first-order valence-electron chi connectivity index (χ1n) is 12.9. The minimum Gasteiger partial charge on any atom is -0.616 e. The fourth-order valence-corrected chi connectivity index (χ4v) is 5.42. The number of nitrogens with one attached hydrogen (secondary N) is 2. The molecule has 2 aliphatic carbocycles. The SMILES string of the molecule is C[S+]([O-])Cc1cc(Nc2cc(N(C(=O)O)C3CC3)n3ncc(C#N)c3n2)ccc1C1(NC(=O)OC(C)(C)C)CC1. The van der Waals surface area contributed by atoms with Crippen molar-refractivity contribution in [3.05, 3.63) is 47.2 Å². The van der Waals surface area contributed by atoms with Crippen LogP contribution in [0, 0.1) is 11.3 Å². The van der Waals surface area contributed by atoms with Gasteiger partial charge in [-0.3, -0.25) is 4.90 Å². The Balaban J connectivity index is 1.49. The van der Waals surface area contributed by atoms with Gasteiger partial charge in [-0.05, 0) is 64.2 Å². The largest absolute Gasteiger partial charge is 0.616 e. The zero-order valence-corrected chi connectivity index (χ0v) is 23.5. The molecule has 12 nitrogen and oxygen atoms in total. The van der Waals surface area contributed by atoms with Crippen molar-refractivity contribution in [3.63, 3.8) is 0 Å². The third-order valence-corrected chi connectivity index (χ3v) is 7.40. The van der Waals surface area contributed by atoms with Gasteiger partial charge in [-0.15, -0.1) is 0 Å². The summed E-state index contributed by atoms with van der Waals surface area (Å²) in [6, 6.07) is 9.06. The molecule has 0 aliphatic heterocycles. The van der Waals surface area contributed by atoms with Crippen LogP contribution in [0.15, 0.2) is 30.5 Å². The van der Waals surface area contributed by atoms with E-state index in [-0.39, 0.29) is 28.8 Å². The van der Waals surface area contributed by atoms with Crippen LogP contribution in [0.25, 0.3) is 5.65 Å². The molecule has 0 saturated heterocycles. The average Bonchev–Trinajstić information content (AvgIpc) is 3.77. The van der Waals surface area contributed by atoms with Gasteiger partial charge in [0.1, 0.15) is 34.6 Å². The van der Waals surface area contributed by atoms with Crippen LogP contribution >= 0.6 is 0 Å². The van der Waals surface area contributed by atoms with E-state index in [1.807, 2.05) is 18.2 Å². The summed E-state index contributed by atoms with van der Waals surface area (Å²) in [6.07, 6.45) is 4.30. The molecular weight excluding hydrogens is 534 g/mol. The number of hydrogen-bond acceptors (Lipinski definition) is 8. The van der Waals surface area contributed by atoms with Crippen molar-refractivity contribution in [1.29, 1.82) is 5.26 Å². The summed E-state index contributed by atoms with van der Waals surface area (Å²) in [6.45, 7) is 5.41. The molecule has 1 unspecified atom stereocenters. The van der Waals surface area contributed by atoms with E-state index in [9.17, 15) is 24.5 Å². The summed E-state index contributed by atoms with van der Waals surface area (Å²) in [5.41, 5.74) is 1.53. The van der Waals surface area contributed by atoms with Gasteiger partial charge in [-0.2, -0.15) is 14.9 Å². The van der Waals surface area contributed by atoms with Crippen LogP contribution in [0.3, 0.4) is 0 Å². The highest BCUT2D eigenvalue weighted by Crippen LogP contribution is 2.48. The summed E-state index contributed by atoms with van der Waals surface area (Å²) in [7, 11) is 0. The van der Waals surface area contributed by atoms with Crippen LogP contribution in [0.4, 0.5) is 26.9 Å². The van der Waals surface area contributed by atoms with E-state index in [0.717, 1.165) is 36.8 Å². The standard InChI is InChI=1S/C27H31N7O5S/c1-26(2,3)39-24(35)32-27(9-10-27)20-8-5-18(11-16(20)15-40(4)38)30-21-12-22(33(25(36)37)19-6-7-19)34-23(31-21)17(13-28)14-29-34/h5,8,11-12,14,19H,6-7,9-10,15H2,1-4H3,(H,30,31)(H,32,35)(H,36,37). The van der Waals surface area contributed by atoms with Crippen molar-refractivity contribution in [2.45, 2.75) is 69.4 Å². The van der Waals surface area contributed by atoms with Crippen molar-refractivity contribution >= 4 is 46.3 Å². The number of anilines is 3. The second kappa shape index (κ2) is 10.2. The summed E-state index contributed by atoms with van der Waals surface area (Å²) >= 11 is -1.16. The van der Waals surface area contributed by atoms with E-state index < -0.39 is 34.5 Å². The highest BCUT2D eigenvalue weighted by molar-refractivity contribution is 7.89. The molecular formula is C27H31N7O5S. The number of carbonyl (C=O) groups is 2. The molecule has 13 heteroatoms. The molecule has 2 saturated carbocycles.